The third-order valence-electron chi connectivity index (χ3n) is 12.7. The van der Waals surface area contributed by atoms with E-state index in [1.165, 1.54) is 12.8 Å². The minimum Gasteiger partial charge on any atom is -0.469 e. The molecule has 0 radical (unpaired) electrons. The van der Waals surface area contributed by atoms with Crippen molar-refractivity contribution in [2.45, 2.75) is 112 Å². The fourth-order valence-electron chi connectivity index (χ4n) is 11.1. The van der Waals surface area contributed by atoms with Gasteiger partial charge in [-0.05, 0) is 109 Å². The summed E-state index contributed by atoms with van der Waals surface area (Å²) < 4.78 is 5.51. The number of rotatable bonds is 1. The van der Waals surface area contributed by atoms with Crippen LogP contribution in [0.5, 0.6) is 0 Å². The van der Waals surface area contributed by atoms with E-state index in [0.717, 1.165) is 44.9 Å². The third-order valence-corrected chi connectivity index (χ3v) is 12.7. The molecule has 192 valence electrons. The van der Waals surface area contributed by atoms with Crippen molar-refractivity contribution >= 4 is 5.97 Å². The summed E-state index contributed by atoms with van der Waals surface area (Å²) in [6, 6.07) is 0. The molecule has 0 aromatic carbocycles. The maximum atomic E-state index is 13.4. The monoisotopic (exact) mass is 470 g/mol. The summed E-state index contributed by atoms with van der Waals surface area (Å²) in [5.41, 5.74) is 2.11. The number of aliphatic hydroxyl groups is 1. The zero-order valence-electron chi connectivity index (χ0n) is 23.2. The van der Waals surface area contributed by atoms with E-state index in [-0.39, 0.29) is 39.1 Å². The molecule has 5 rings (SSSR count). The van der Waals surface area contributed by atoms with Crippen LogP contribution in [0.4, 0.5) is 0 Å². The molecule has 0 aliphatic heterocycles. The fourth-order valence-corrected chi connectivity index (χ4v) is 11.1. The van der Waals surface area contributed by atoms with Gasteiger partial charge in [0.2, 0.25) is 0 Å². The van der Waals surface area contributed by atoms with E-state index in [1.54, 1.807) is 12.7 Å². The van der Waals surface area contributed by atoms with E-state index in [2.05, 4.69) is 54.5 Å². The largest absolute Gasteiger partial charge is 0.469 e. The molecule has 34 heavy (non-hydrogen) atoms. The van der Waals surface area contributed by atoms with Crippen molar-refractivity contribution in [1.29, 1.82) is 0 Å². The summed E-state index contributed by atoms with van der Waals surface area (Å²) in [5.74, 6) is 2.68. The van der Waals surface area contributed by atoms with Crippen LogP contribution in [0.2, 0.25) is 0 Å². The second-order valence-corrected chi connectivity index (χ2v) is 15.2. The van der Waals surface area contributed by atoms with Gasteiger partial charge in [0.05, 0.1) is 18.6 Å². The molecule has 0 aromatic rings. The van der Waals surface area contributed by atoms with Gasteiger partial charge in [-0.3, -0.25) is 4.79 Å². The van der Waals surface area contributed by atoms with Gasteiger partial charge in [-0.1, -0.05) is 60.1 Å². The minimum absolute atomic E-state index is 0.00999. The predicted octanol–water partition coefficient (Wildman–Crippen LogP) is 7.18. The highest BCUT2D eigenvalue weighted by molar-refractivity contribution is 5.78. The van der Waals surface area contributed by atoms with E-state index in [9.17, 15) is 9.90 Å². The van der Waals surface area contributed by atoms with Gasteiger partial charge in [0.1, 0.15) is 0 Å². The summed E-state index contributed by atoms with van der Waals surface area (Å²) in [6.45, 7) is 17.1. The number of carbonyl (C=O) groups is 1. The quantitative estimate of drug-likeness (QED) is 0.326. The molecular weight excluding hydrogens is 420 g/mol. The van der Waals surface area contributed by atoms with Gasteiger partial charge in [-0.15, -0.1) is 0 Å². The molecule has 1 N–H and O–H groups in total. The van der Waals surface area contributed by atoms with Crippen LogP contribution in [0.1, 0.15) is 106 Å². The summed E-state index contributed by atoms with van der Waals surface area (Å²) in [5, 5.41) is 10.9. The Morgan fingerprint density at radius 3 is 2.29 bits per heavy atom. The van der Waals surface area contributed by atoms with Gasteiger partial charge in [0.25, 0.3) is 0 Å². The van der Waals surface area contributed by atoms with E-state index >= 15 is 0 Å². The molecule has 5 aliphatic rings. The van der Waals surface area contributed by atoms with Crippen molar-refractivity contribution < 1.29 is 14.6 Å². The number of carbonyl (C=O) groups excluding carboxylic acids is 1. The number of allylic oxidation sites excluding steroid dienone is 2. The fraction of sp³-hybridized carbons (Fsp3) is 0.903. The van der Waals surface area contributed by atoms with Crippen LogP contribution in [-0.2, 0) is 9.53 Å². The minimum atomic E-state index is -0.326. The van der Waals surface area contributed by atoms with Crippen molar-refractivity contribution in [2.75, 3.05) is 7.11 Å². The van der Waals surface area contributed by atoms with Crippen LogP contribution >= 0.6 is 0 Å². The maximum absolute atomic E-state index is 13.4. The molecular formula is C31H50O3. The molecule has 0 amide bonds. The molecule has 9 atom stereocenters. The Labute approximate surface area is 208 Å². The van der Waals surface area contributed by atoms with E-state index < -0.39 is 0 Å². The van der Waals surface area contributed by atoms with Gasteiger partial charge in [-0.25, -0.2) is 0 Å². The molecule has 0 aromatic heterocycles. The zero-order chi connectivity index (χ0) is 24.9. The first-order chi connectivity index (χ1) is 15.7. The summed E-state index contributed by atoms with van der Waals surface area (Å²) in [6.07, 6.45) is 12.3. The van der Waals surface area contributed by atoms with Crippen LogP contribution in [0, 0.1) is 56.7 Å². The highest BCUT2D eigenvalue weighted by atomic mass is 16.5. The van der Waals surface area contributed by atoms with E-state index in [4.69, 9.17) is 4.74 Å². The maximum Gasteiger partial charge on any atom is 0.312 e. The summed E-state index contributed by atoms with van der Waals surface area (Å²) in [4.78, 5) is 13.4. The molecule has 0 unspecified atom stereocenters. The standard InChI is InChI=1S/C31H50O3/c1-19-17-31(26(33)34-8)16-15-27(2,3)18-21(31)20-9-10-23-29(6)14-12-24(32)28(4,5)22(29)11-13-30(23,7)25(19)20/h9,19,21-25,32H,10-18H2,1-8H3/t19-,21-,22-,23+,24-,25+,29-,30+,31-/m0/s1. The lowest BCUT2D eigenvalue weighted by Crippen LogP contribution is -2.63. The summed E-state index contributed by atoms with van der Waals surface area (Å²) >= 11 is 0. The average molecular weight is 471 g/mol. The topological polar surface area (TPSA) is 46.5 Å². The number of esters is 1. The number of methoxy groups -OCH3 is 1. The van der Waals surface area contributed by atoms with Crippen LogP contribution in [0.15, 0.2) is 11.6 Å². The first kappa shape index (κ1) is 24.8. The normalized spacial score (nSPS) is 51.1. The number of hydrogen-bond acceptors (Lipinski definition) is 3. The van der Waals surface area contributed by atoms with Crippen LogP contribution in [0.3, 0.4) is 0 Å². The van der Waals surface area contributed by atoms with Gasteiger partial charge in [-0.2, -0.15) is 0 Å². The second-order valence-electron chi connectivity index (χ2n) is 15.2. The third kappa shape index (κ3) is 3.13. The molecule has 0 bridgehead atoms. The Kier molecular flexibility index (Phi) is 5.55. The lowest BCUT2D eigenvalue weighted by atomic mass is 9.36. The Hall–Kier alpha value is -0.830. The molecule has 0 heterocycles. The van der Waals surface area contributed by atoms with E-state index in [0.29, 0.717) is 29.6 Å². The van der Waals surface area contributed by atoms with Crippen molar-refractivity contribution in [1.82, 2.24) is 0 Å². The smallest absolute Gasteiger partial charge is 0.312 e. The Morgan fingerprint density at radius 1 is 0.941 bits per heavy atom. The summed E-state index contributed by atoms with van der Waals surface area (Å²) in [7, 11) is 1.60. The van der Waals surface area contributed by atoms with Gasteiger partial charge < -0.3 is 9.84 Å². The lowest BCUT2D eigenvalue weighted by Gasteiger charge is -2.69. The first-order valence-corrected chi connectivity index (χ1v) is 14.2. The Bertz CT molecular complexity index is 885. The molecule has 0 spiro atoms. The van der Waals surface area contributed by atoms with Gasteiger partial charge in [0, 0.05) is 0 Å². The molecule has 5 aliphatic carbocycles. The lowest BCUT2D eigenvalue weighted by molar-refractivity contribution is -0.195. The number of hydrogen-bond donors (Lipinski definition) is 1. The van der Waals surface area contributed by atoms with Gasteiger partial charge in [0.15, 0.2) is 0 Å². The highest BCUT2D eigenvalue weighted by Gasteiger charge is 2.67. The second kappa shape index (κ2) is 7.59. The number of aliphatic hydroxyl groups excluding tert-OH is 1. The highest BCUT2D eigenvalue weighted by Crippen LogP contribution is 2.72. The first-order valence-electron chi connectivity index (χ1n) is 14.2. The molecule has 0 saturated heterocycles. The van der Waals surface area contributed by atoms with E-state index in [1.807, 2.05) is 0 Å². The molecule has 3 nitrogen and oxygen atoms in total. The van der Waals surface area contributed by atoms with Gasteiger partial charge >= 0.3 is 5.97 Å². The number of fused-ring (bicyclic) bond motifs is 7. The predicted molar refractivity (Wildman–Crippen MR) is 137 cm³/mol. The zero-order valence-corrected chi connectivity index (χ0v) is 23.2. The van der Waals surface area contributed by atoms with Crippen LogP contribution in [0.25, 0.3) is 0 Å². The van der Waals surface area contributed by atoms with Crippen LogP contribution in [-0.4, -0.2) is 24.3 Å². The van der Waals surface area contributed by atoms with Crippen molar-refractivity contribution in [2.24, 2.45) is 56.7 Å². The SMILES string of the molecule is COC(=O)[C@]12CCC(C)(C)C[C@H]1C1=CC[C@H]3[C@@](C)(CC[C@H]4C(C)(C)[C@@H](O)CC[C@]34C)[C@@H]1[C@@H](C)C2. The van der Waals surface area contributed by atoms with Crippen molar-refractivity contribution in [3.05, 3.63) is 11.6 Å². The molecule has 3 heteroatoms. The number of ether oxygens (including phenoxy) is 1. The molecule has 4 fully saturated rings. The van der Waals surface area contributed by atoms with Crippen molar-refractivity contribution in [3.8, 4) is 0 Å². The molecule has 4 saturated carbocycles. The Balaban J connectivity index is 1.59. The Morgan fingerprint density at radius 2 is 1.62 bits per heavy atom. The van der Waals surface area contributed by atoms with Crippen LogP contribution < -0.4 is 0 Å². The average Bonchev–Trinajstić information content (AvgIpc) is 2.75. The van der Waals surface area contributed by atoms with Crippen molar-refractivity contribution in [3.63, 3.8) is 0 Å².